The van der Waals surface area contributed by atoms with E-state index in [4.69, 9.17) is 0 Å². The van der Waals surface area contributed by atoms with Crippen molar-refractivity contribution in [3.05, 3.63) is 44.5 Å². The average molecular weight is 489 g/mol. The fourth-order valence-electron chi connectivity index (χ4n) is 8.38. The van der Waals surface area contributed by atoms with E-state index < -0.39 is 4.92 Å². The number of nitrogens with zero attached hydrogens (tertiary/aromatic N) is 4. The van der Waals surface area contributed by atoms with Crippen LogP contribution in [0.25, 0.3) is 0 Å². The van der Waals surface area contributed by atoms with Crippen LogP contribution >= 0.6 is 11.3 Å². The van der Waals surface area contributed by atoms with Gasteiger partial charge >= 0.3 is 5.69 Å². The van der Waals surface area contributed by atoms with Crippen molar-refractivity contribution in [2.75, 3.05) is 18.0 Å². The minimum Gasteiger partial charge on any atom is -0.502 e. The highest BCUT2D eigenvalue weighted by molar-refractivity contribution is 7.20. The number of hydrogen-bond acceptors (Lipinski definition) is 7. The first-order valence-electron chi connectivity index (χ1n) is 12.8. The highest BCUT2D eigenvalue weighted by Crippen LogP contribution is 2.61. The number of nitriles is 1. The third kappa shape index (κ3) is 3.17. The van der Waals surface area contributed by atoms with E-state index in [1.54, 1.807) is 12.3 Å². The molecule has 4 saturated carbocycles. The van der Waals surface area contributed by atoms with Gasteiger partial charge in [-0.2, -0.15) is 5.26 Å². The highest BCUT2D eigenvalue weighted by Gasteiger charge is 2.52. The first-order chi connectivity index (χ1) is 16.9. The van der Waals surface area contributed by atoms with E-state index in [-0.39, 0.29) is 16.9 Å². The normalized spacial score (nSPS) is 30.7. The van der Waals surface area contributed by atoms with Gasteiger partial charge in [-0.25, -0.2) is 4.99 Å². The predicted octanol–water partition coefficient (Wildman–Crippen LogP) is 6.15. The van der Waals surface area contributed by atoms with Crippen molar-refractivity contribution in [2.24, 2.45) is 22.7 Å². The molecule has 3 aliphatic heterocycles. The van der Waals surface area contributed by atoms with Crippen LogP contribution in [-0.4, -0.2) is 29.3 Å². The van der Waals surface area contributed by atoms with E-state index >= 15 is 0 Å². The summed E-state index contributed by atoms with van der Waals surface area (Å²) in [7, 11) is 0. The SMILES string of the molecule is N#Cc1c(/N=C/c2cc(C34CC5CC(CC(C5)C3)C4)cc([N+](=O)[O-])c2O)sc2c1C1CCN2CC1. The number of nitro groups is 1. The molecule has 1 aromatic carbocycles. The molecule has 35 heavy (non-hydrogen) atoms. The number of fused-ring (bicyclic) bond motifs is 2. The first-order valence-corrected chi connectivity index (χ1v) is 13.6. The Morgan fingerprint density at radius 1 is 1.17 bits per heavy atom. The number of aliphatic imine (C=N–C) groups is 1. The van der Waals surface area contributed by atoms with Crippen molar-refractivity contribution in [3.63, 3.8) is 0 Å². The number of hydrogen-bond donors (Lipinski definition) is 1. The summed E-state index contributed by atoms with van der Waals surface area (Å²) >= 11 is 1.53. The topological polar surface area (TPSA) is 103 Å². The number of aromatic hydroxyl groups is 1. The molecule has 180 valence electrons. The number of rotatable bonds is 4. The van der Waals surface area contributed by atoms with Gasteiger partial charge in [0.15, 0.2) is 0 Å². The van der Waals surface area contributed by atoms with Gasteiger partial charge in [0.2, 0.25) is 5.75 Å². The monoisotopic (exact) mass is 488 g/mol. The quantitative estimate of drug-likeness (QED) is 0.316. The standard InChI is InChI=1S/C27H28N4O3S/c28-13-21-23-18-1-3-30(4-2-18)26(23)35-25(21)29-14-19-8-20(9-22(24(19)32)31(33)34)27-10-15-5-16(11-27)7-17(6-15)12-27/h8-9,14-18,32H,1-7,10-12H2/b29-14+. The zero-order chi connectivity index (χ0) is 23.9. The van der Waals surface area contributed by atoms with Crippen LogP contribution in [0, 0.1) is 39.2 Å². The van der Waals surface area contributed by atoms with E-state index in [9.17, 15) is 20.5 Å². The van der Waals surface area contributed by atoms with Crippen molar-refractivity contribution in [1.82, 2.24) is 0 Å². The molecule has 0 spiro atoms. The van der Waals surface area contributed by atoms with Gasteiger partial charge in [-0.05, 0) is 92.1 Å². The lowest BCUT2D eigenvalue weighted by molar-refractivity contribution is -0.386. The molecule has 5 fully saturated rings. The smallest absolute Gasteiger partial charge is 0.311 e. The molecule has 0 unspecified atom stereocenters. The van der Waals surface area contributed by atoms with Crippen LogP contribution in [0.15, 0.2) is 17.1 Å². The summed E-state index contributed by atoms with van der Waals surface area (Å²) in [6.07, 6.45) is 10.8. The zero-order valence-corrected chi connectivity index (χ0v) is 20.4. The Bertz CT molecular complexity index is 1280. The first kappa shape index (κ1) is 21.4. The highest BCUT2D eigenvalue weighted by atomic mass is 32.1. The molecule has 7 nitrogen and oxygen atoms in total. The third-order valence-corrected chi connectivity index (χ3v) is 10.7. The van der Waals surface area contributed by atoms with Crippen LogP contribution in [0.1, 0.15) is 79.5 Å². The summed E-state index contributed by atoms with van der Waals surface area (Å²) in [6, 6.07) is 5.93. The molecule has 2 aromatic rings. The largest absolute Gasteiger partial charge is 0.502 e. The zero-order valence-electron chi connectivity index (χ0n) is 19.6. The van der Waals surface area contributed by atoms with Crippen molar-refractivity contribution >= 4 is 33.2 Å². The van der Waals surface area contributed by atoms with E-state index in [2.05, 4.69) is 16.0 Å². The lowest BCUT2D eigenvalue weighted by Crippen LogP contribution is -2.48. The van der Waals surface area contributed by atoms with Crippen LogP contribution in [0.3, 0.4) is 0 Å². The van der Waals surface area contributed by atoms with Crippen molar-refractivity contribution < 1.29 is 10.0 Å². The summed E-state index contributed by atoms with van der Waals surface area (Å²) in [5.41, 5.74) is 2.85. The maximum atomic E-state index is 11.9. The average Bonchev–Trinajstić information content (AvgIpc) is 3.23. The lowest BCUT2D eigenvalue weighted by Gasteiger charge is -2.57. The Morgan fingerprint density at radius 2 is 1.83 bits per heavy atom. The Kier molecular flexibility index (Phi) is 4.60. The van der Waals surface area contributed by atoms with E-state index in [0.717, 1.165) is 61.3 Å². The second kappa shape index (κ2) is 7.54. The van der Waals surface area contributed by atoms with Crippen molar-refractivity contribution in [1.29, 1.82) is 5.26 Å². The van der Waals surface area contributed by atoms with Crippen LogP contribution < -0.4 is 4.90 Å². The fraction of sp³-hybridized carbons (Fsp3) is 0.556. The minimum absolute atomic E-state index is 0.0257. The van der Waals surface area contributed by atoms with Crippen LogP contribution in [0.4, 0.5) is 15.7 Å². The Morgan fingerprint density at radius 3 is 2.43 bits per heavy atom. The van der Waals surface area contributed by atoms with Gasteiger partial charge in [0.25, 0.3) is 0 Å². The number of phenolic OH excluding ortho intramolecular Hbond substituents is 1. The molecule has 1 N–H and O–H groups in total. The molecular formula is C27H28N4O3S. The lowest BCUT2D eigenvalue weighted by atomic mass is 9.48. The van der Waals surface area contributed by atoms with Gasteiger partial charge in [-0.1, -0.05) is 11.3 Å². The molecule has 7 aliphatic rings. The number of piperidine rings is 1. The van der Waals surface area contributed by atoms with Crippen molar-refractivity contribution in [3.8, 4) is 11.8 Å². The maximum absolute atomic E-state index is 11.9. The second-order valence-corrected chi connectivity index (χ2v) is 12.5. The summed E-state index contributed by atoms with van der Waals surface area (Å²) in [5.74, 6) is 2.22. The van der Waals surface area contributed by atoms with Gasteiger partial charge in [0, 0.05) is 36.5 Å². The van der Waals surface area contributed by atoms with Crippen LogP contribution in [0.2, 0.25) is 0 Å². The molecule has 0 atom stereocenters. The molecule has 4 aliphatic carbocycles. The molecule has 1 saturated heterocycles. The molecule has 1 aromatic heterocycles. The van der Waals surface area contributed by atoms with Crippen LogP contribution in [0.5, 0.6) is 5.75 Å². The Hall–Kier alpha value is -2.92. The number of anilines is 1. The Labute approximate surface area is 208 Å². The van der Waals surface area contributed by atoms with Gasteiger partial charge in [-0.3, -0.25) is 10.1 Å². The molecule has 4 heterocycles. The van der Waals surface area contributed by atoms with Gasteiger partial charge in [0.1, 0.15) is 11.1 Å². The minimum atomic E-state index is -0.480. The number of thiophene rings is 1. The molecule has 9 rings (SSSR count). The molecule has 0 amide bonds. The summed E-state index contributed by atoms with van der Waals surface area (Å²) in [6.45, 7) is 2.04. The van der Waals surface area contributed by atoms with Crippen molar-refractivity contribution in [2.45, 2.75) is 62.7 Å². The third-order valence-electron chi connectivity index (χ3n) is 9.50. The van der Waals surface area contributed by atoms with Crippen LogP contribution in [-0.2, 0) is 5.41 Å². The van der Waals surface area contributed by atoms with E-state index in [0.29, 0.717) is 39.8 Å². The maximum Gasteiger partial charge on any atom is 0.311 e. The van der Waals surface area contributed by atoms with Gasteiger partial charge in [-0.15, -0.1) is 0 Å². The number of nitro benzene ring substituents is 1. The summed E-state index contributed by atoms with van der Waals surface area (Å²) in [4.78, 5) is 18.4. The number of benzene rings is 1. The molecule has 0 radical (unpaired) electrons. The molecule has 8 heteroatoms. The number of phenols is 1. The fourth-order valence-corrected chi connectivity index (χ4v) is 9.62. The summed E-state index contributed by atoms with van der Waals surface area (Å²) in [5, 5.41) is 34.4. The van der Waals surface area contributed by atoms with Gasteiger partial charge < -0.3 is 10.0 Å². The van der Waals surface area contributed by atoms with Gasteiger partial charge in [0.05, 0.1) is 15.5 Å². The Balaban J connectivity index is 1.30. The predicted molar refractivity (Wildman–Crippen MR) is 135 cm³/mol. The second-order valence-electron chi connectivity index (χ2n) is 11.5. The van der Waals surface area contributed by atoms with E-state index in [1.165, 1.54) is 30.6 Å². The summed E-state index contributed by atoms with van der Waals surface area (Å²) < 4.78 is 0. The van der Waals surface area contributed by atoms with E-state index in [1.807, 2.05) is 6.07 Å². The molecule has 6 bridgehead atoms. The molecular weight excluding hydrogens is 460 g/mol.